The first-order valence-corrected chi connectivity index (χ1v) is 10.5. The molecule has 0 N–H and O–H groups in total. The van der Waals surface area contributed by atoms with Gasteiger partial charge in [0.05, 0.1) is 25.5 Å². The number of aliphatic imine (C=N–C) groups is 1. The molecule has 0 saturated heterocycles. The van der Waals surface area contributed by atoms with E-state index in [4.69, 9.17) is 19.2 Å². The normalized spacial score (nSPS) is 22.1. The molecule has 1 fully saturated rings. The summed E-state index contributed by atoms with van der Waals surface area (Å²) in [6, 6.07) is 4.01. The molecule has 0 spiro atoms. The minimum Gasteiger partial charge on any atom is -0.493 e. The summed E-state index contributed by atoms with van der Waals surface area (Å²) < 4.78 is 18.4. The Bertz CT molecular complexity index is 1090. The molecule has 0 radical (unpaired) electrons. The number of hydrogen-bond acceptors (Lipinski definition) is 7. The van der Waals surface area contributed by atoms with Crippen LogP contribution in [0.1, 0.15) is 55.7 Å². The number of rotatable bonds is 5. The Hall–Kier alpha value is -3.16. The van der Waals surface area contributed by atoms with E-state index in [1.54, 1.807) is 26.6 Å². The van der Waals surface area contributed by atoms with Crippen molar-refractivity contribution < 1.29 is 19.0 Å². The molecule has 2 aromatic rings. The van der Waals surface area contributed by atoms with Gasteiger partial charge in [-0.2, -0.15) is 0 Å². The summed E-state index contributed by atoms with van der Waals surface area (Å²) in [5.41, 5.74) is 3.25. The van der Waals surface area contributed by atoms with E-state index in [0.29, 0.717) is 24.5 Å². The Morgan fingerprint density at radius 3 is 2.74 bits per heavy atom. The van der Waals surface area contributed by atoms with Gasteiger partial charge < -0.3 is 18.8 Å². The maximum atomic E-state index is 11.8. The van der Waals surface area contributed by atoms with Crippen molar-refractivity contribution in [1.29, 1.82) is 0 Å². The third-order valence-corrected chi connectivity index (χ3v) is 5.91. The van der Waals surface area contributed by atoms with E-state index < -0.39 is 0 Å². The lowest BCUT2D eigenvalue weighted by Gasteiger charge is -2.38. The fourth-order valence-electron chi connectivity index (χ4n) is 4.56. The minimum absolute atomic E-state index is 0.0504. The van der Waals surface area contributed by atoms with Gasteiger partial charge in [0.2, 0.25) is 0 Å². The van der Waals surface area contributed by atoms with Crippen molar-refractivity contribution in [2.24, 2.45) is 12.0 Å². The molecule has 2 heterocycles. The monoisotopic (exact) mass is 425 g/mol. The van der Waals surface area contributed by atoms with Crippen molar-refractivity contribution in [3.63, 3.8) is 0 Å². The quantitative estimate of drug-likeness (QED) is 0.684. The molecule has 8 nitrogen and oxygen atoms in total. The van der Waals surface area contributed by atoms with Crippen LogP contribution in [-0.4, -0.2) is 47.1 Å². The molecule has 1 aromatic heterocycles. The standard InChI is InChI=1S/C23H27N3O5/c1-5-30-21-9-16-17-8-15(31-13(2)27)6-7-19(17)25-22(18(16)10-20(21)29-4)14-11-24-23(28)26(3)12-14/h9-12,15,17,19H,5-8H2,1-4H3/t15-,17-,19-/m1/s1. The smallest absolute Gasteiger partial charge is 0.347 e. The van der Waals surface area contributed by atoms with Gasteiger partial charge in [0, 0.05) is 43.4 Å². The highest BCUT2D eigenvalue weighted by Crippen LogP contribution is 2.45. The topological polar surface area (TPSA) is 92.0 Å². The van der Waals surface area contributed by atoms with Gasteiger partial charge >= 0.3 is 11.7 Å². The fraction of sp³-hybridized carbons (Fsp3) is 0.478. The SMILES string of the molecule is CCOc1cc2c(cc1OC)C(c1cnc(=O)n(C)c1)=N[C@@H]1CC[C@@H](OC(C)=O)C[C@H]21. The van der Waals surface area contributed by atoms with Gasteiger partial charge in [-0.15, -0.1) is 0 Å². The van der Waals surface area contributed by atoms with Crippen molar-refractivity contribution in [3.05, 3.63) is 51.7 Å². The van der Waals surface area contributed by atoms with Crippen molar-refractivity contribution in [3.8, 4) is 11.5 Å². The van der Waals surface area contributed by atoms with Crippen LogP contribution in [0.15, 0.2) is 34.3 Å². The van der Waals surface area contributed by atoms with Gasteiger partial charge in [-0.1, -0.05) is 0 Å². The van der Waals surface area contributed by atoms with Crippen LogP contribution < -0.4 is 15.2 Å². The lowest BCUT2D eigenvalue weighted by Crippen LogP contribution is -2.36. The second kappa shape index (κ2) is 8.53. The molecule has 1 aliphatic heterocycles. The number of carbonyl (C=O) groups excluding carboxylic acids is 1. The third kappa shape index (κ3) is 4.06. The third-order valence-electron chi connectivity index (χ3n) is 5.91. The lowest BCUT2D eigenvalue weighted by atomic mass is 9.74. The van der Waals surface area contributed by atoms with Crippen LogP contribution >= 0.6 is 0 Å². The van der Waals surface area contributed by atoms with E-state index in [9.17, 15) is 9.59 Å². The van der Waals surface area contributed by atoms with Crippen LogP contribution in [0.5, 0.6) is 11.5 Å². The second-order valence-corrected chi connectivity index (χ2v) is 7.96. The average Bonchev–Trinajstić information content (AvgIpc) is 2.74. The maximum Gasteiger partial charge on any atom is 0.347 e. The number of methoxy groups -OCH3 is 1. The molecule has 4 rings (SSSR count). The van der Waals surface area contributed by atoms with Gasteiger partial charge in [-0.25, -0.2) is 9.78 Å². The van der Waals surface area contributed by atoms with Gasteiger partial charge in [-0.3, -0.25) is 9.79 Å². The first kappa shape index (κ1) is 21.1. The number of benzene rings is 1. The summed E-state index contributed by atoms with van der Waals surface area (Å²) in [6.45, 7) is 3.90. The number of ether oxygens (including phenoxy) is 3. The van der Waals surface area contributed by atoms with Crippen LogP contribution in [0.25, 0.3) is 0 Å². The van der Waals surface area contributed by atoms with Gasteiger partial charge in [0.1, 0.15) is 6.10 Å². The fourth-order valence-corrected chi connectivity index (χ4v) is 4.56. The van der Waals surface area contributed by atoms with E-state index >= 15 is 0 Å². The van der Waals surface area contributed by atoms with Crippen molar-refractivity contribution >= 4 is 11.7 Å². The highest BCUT2D eigenvalue weighted by Gasteiger charge is 2.38. The van der Waals surface area contributed by atoms with E-state index in [-0.39, 0.29) is 29.7 Å². The number of carbonyl (C=O) groups is 1. The summed E-state index contributed by atoms with van der Waals surface area (Å²) in [5, 5.41) is 0. The largest absolute Gasteiger partial charge is 0.493 e. The number of esters is 1. The summed E-state index contributed by atoms with van der Waals surface area (Å²) in [7, 11) is 3.28. The molecule has 2 aliphatic rings. The van der Waals surface area contributed by atoms with E-state index in [1.165, 1.54) is 11.5 Å². The number of nitrogens with zero attached hydrogens (tertiary/aromatic N) is 3. The molecule has 1 aliphatic carbocycles. The van der Waals surface area contributed by atoms with E-state index in [1.807, 2.05) is 19.1 Å². The van der Waals surface area contributed by atoms with Gasteiger partial charge in [0.15, 0.2) is 11.5 Å². The molecule has 164 valence electrons. The highest BCUT2D eigenvalue weighted by molar-refractivity contribution is 6.14. The van der Waals surface area contributed by atoms with Crippen molar-refractivity contribution in [1.82, 2.24) is 9.55 Å². The van der Waals surface area contributed by atoms with Crippen molar-refractivity contribution in [2.45, 2.75) is 51.2 Å². The summed E-state index contributed by atoms with van der Waals surface area (Å²) in [4.78, 5) is 32.4. The first-order valence-electron chi connectivity index (χ1n) is 10.5. The van der Waals surface area contributed by atoms with Crippen molar-refractivity contribution in [2.75, 3.05) is 13.7 Å². The zero-order valence-corrected chi connectivity index (χ0v) is 18.3. The van der Waals surface area contributed by atoms with Gasteiger partial charge in [0.25, 0.3) is 0 Å². The van der Waals surface area contributed by atoms with E-state index in [2.05, 4.69) is 4.98 Å². The zero-order chi connectivity index (χ0) is 22.1. The highest BCUT2D eigenvalue weighted by atomic mass is 16.5. The molecule has 8 heteroatoms. The minimum atomic E-state index is -0.315. The Morgan fingerprint density at radius 2 is 2.06 bits per heavy atom. The Kier molecular flexibility index (Phi) is 5.80. The molecule has 0 unspecified atom stereocenters. The molecule has 1 saturated carbocycles. The van der Waals surface area contributed by atoms with Crippen LogP contribution in [0.3, 0.4) is 0 Å². The number of hydrogen-bond donors (Lipinski definition) is 0. The molecule has 3 atom stereocenters. The Labute approximate surface area is 180 Å². The first-order chi connectivity index (χ1) is 14.9. The molecular formula is C23H27N3O5. The van der Waals surface area contributed by atoms with Crippen LogP contribution in [-0.2, 0) is 16.6 Å². The summed E-state index contributed by atoms with van der Waals surface area (Å²) in [6.07, 6.45) is 5.48. The summed E-state index contributed by atoms with van der Waals surface area (Å²) >= 11 is 0. The maximum absolute atomic E-state index is 11.8. The Balaban J connectivity index is 1.85. The zero-order valence-electron chi connectivity index (χ0n) is 18.3. The van der Waals surface area contributed by atoms with Crippen LogP contribution in [0, 0.1) is 0 Å². The van der Waals surface area contributed by atoms with Crippen LogP contribution in [0.2, 0.25) is 0 Å². The second-order valence-electron chi connectivity index (χ2n) is 7.96. The van der Waals surface area contributed by atoms with Crippen LogP contribution in [0.4, 0.5) is 0 Å². The average molecular weight is 425 g/mol. The predicted octanol–water partition coefficient (Wildman–Crippen LogP) is 2.61. The Morgan fingerprint density at radius 1 is 1.26 bits per heavy atom. The number of aromatic nitrogens is 2. The molecular weight excluding hydrogens is 398 g/mol. The van der Waals surface area contributed by atoms with E-state index in [0.717, 1.165) is 35.2 Å². The predicted molar refractivity (Wildman–Crippen MR) is 115 cm³/mol. The molecule has 1 aromatic carbocycles. The van der Waals surface area contributed by atoms with Gasteiger partial charge in [-0.05, 0) is 43.9 Å². The molecule has 0 amide bonds. The lowest BCUT2D eigenvalue weighted by molar-refractivity contribution is -0.148. The summed E-state index contributed by atoms with van der Waals surface area (Å²) in [5.74, 6) is 1.14. The number of aryl methyl sites for hydroxylation is 1. The molecule has 31 heavy (non-hydrogen) atoms. The number of fused-ring (bicyclic) bond motifs is 3. The molecule has 0 bridgehead atoms.